The lowest BCUT2D eigenvalue weighted by Gasteiger charge is -2.33. The number of benzene rings is 1. The fraction of sp³-hybridized carbons (Fsp3) is 0.458. The number of rotatable bonds is 8. The van der Waals surface area contributed by atoms with E-state index in [1.165, 1.54) is 13.3 Å². The Hall–Kier alpha value is -2.98. The molecule has 0 atom stereocenters. The van der Waals surface area contributed by atoms with E-state index < -0.39 is 28.6 Å². The number of piperidine rings is 1. The molecule has 0 bridgehead atoms. The van der Waals surface area contributed by atoms with E-state index in [0.717, 1.165) is 18.9 Å². The number of aromatic nitrogens is 1. The number of carbonyl (C=O) groups is 2. The zero-order valence-electron chi connectivity index (χ0n) is 19.3. The van der Waals surface area contributed by atoms with E-state index in [-0.39, 0.29) is 67.0 Å². The Labute approximate surface area is 206 Å². The average Bonchev–Trinajstić information content (AvgIpc) is 3.67. The van der Waals surface area contributed by atoms with Crippen molar-refractivity contribution in [1.82, 2.24) is 4.57 Å². The van der Waals surface area contributed by atoms with Gasteiger partial charge in [-0.3, -0.25) is 9.59 Å². The summed E-state index contributed by atoms with van der Waals surface area (Å²) in [5.41, 5.74) is 5.02. The standard InChI is InChI=1S/C24H27F2N3O5.ClH/c1-34-23-20-16(22(31)17(24(32)33)12-29(20)14-4-5-14)9-19(26)21(23)28-8-2-3-13(11-28)18(25)7-6-15(30)10-27;/h9,12,14H,2-8,10-11,27H2,1H3,(H,32,33);1H/b18-13+;. The van der Waals surface area contributed by atoms with Crippen LogP contribution in [0.3, 0.4) is 0 Å². The van der Waals surface area contributed by atoms with E-state index in [2.05, 4.69) is 0 Å². The highest BCUT2D eigenvalue weighted by molar-refractivity contribution is 5.97. The molecule has 1 aliphatic heterocycles. The number of carboxylic acids is 1. The van der Waals surface area contributed by atoms with Gasteiger partial charge in [-0.2, -0.15) is 0 Å². The van der Waals surface area contributed by atoms with Crippen LogP contribution in [0.4, 0.5) is 14.5 Å². The van der Waals surface area contributed by atoms with Gasteiger partial charge in [-0.1, -0.05) is 0 Å². The average molecular weight is 512 g/mol. The number of aromatic carboxylic acids is 1. The van der Waals surface area contributed by atoms with Crippen molar-refractivity contribution in [3.63, 3.8) is 0 Å². The third-order valence-corrected chi connectivity index (χ3v) is 6.41. The number of carbonyl (C=O) groups excluding carboxylic acids is 1. The Morgan fingerprint density at radius 2 is 2.00 bits per heavy atom. The van der Waals surface area contributed by atoms with Crippen molar-refractivity contribution in [2.24, 2.45) is 5.73 Å². The van der Waals surface area contributed by atoms with Crippen LogP contribution >= 0.6 is 12.4 Å². The first-order valence-electron chi connectivity index (χ1n) is 11.3. The summed E-state index contributed by atoms with van der Waals surface area (Å²) in [6.45, 7) is 0.418. The Bertz CT molecular complexity index is 1260. The Morgan fingerprint density at radius 3 is 2.60 bits per heavy atom. The number of allylic oxidation sites excluding steroid dienone is 1. The number of ketones is 1. The van der Waals surface area contributed by atoms with E-state index in [1.807, 2.05) is 0 Å². The number of carboxylic acid groups (broad SMARTS) is 1. The lowest BCUT2D eigenvalue weighted by molar-refractivity contribution is -0.117. The molecule has 190 valence electrons. The maximum Gasteiger partial charge on any atom is 0.341 e. The van der Waals surface area contributed by atoms with Crippen molar-refractivity contribution in [3.8, 4) is 5.75 Å². The van der Waals surface area contributed by atoms with Crippen LogP contribution in [0.15, 0.2) is 28.5 Å². The van der Waals surface area contributed by atoms with E-state index in [0.29, 0.717) is 30.5 Å². The van der Waals surface area contributed by atoms with Crippen molar-refractivity contribution in [2.75, 3.05) is 31.6 Å². The molecule has 1 aromatic carbocycles. The van der Waals surface area contributed by atoms with Gasteiger partial charge in [0.05, 0.1) is 24.6 Å². The van der Waals surface area contributed by atoms with Crippen LogP contribution in [0.5, 0.6) is 5.75 Å². The molecule has 2 aliphatic rings. The highest BCUT2D eigenvalue weighted by Crippen LogP contribution is 2.44. The number of methoxy groups -OCH3 is 1. The SMILES string of the molecule is COc1c(N2CCC/C(=C(\F)CCC(=O)CN)C2)c(F)cc2c(=O)c(C(=O)O)cn(C3CC3)c12.Cl. The van der Waals surface area contributed by atoms with E-state index in [1.54, 1.807) is 9.47 Å². The third-order valence-electron chi connectivity index (χ3n) is 6.41. The summed E-state index contributed by atoms with van der Waals surface area (Å²) >= 11 is 0. The number of halogens is 3. The molecule has 0 radical (unpaired) electrons. The van der Waals surface area contributed by atoms with Gasteiger partial charge in [0, 0.05) is 38.2 Å². The molecule has 0 spiro atoms. The first kappa shape index (κ1) is 26.6. The number of ether oxygens (including phenoxy) is 1. The van der Waals surface area contributed by atoms with Crippen molar-refractivity contribution in [2.45, 2.75) is 44.6 Å². The number of hydrogen-bond donors (Lipinski definition) is 2. The second-order valence-electron chi connectivity index (χ2n) is 8.73. The molecular weight excluding hydrogens is 484 g/mol. The Morgan fingerprint density at radius 1 is 1.29 bits per heavy atom. The highest BCUT2D eigenvalue weighted by atomic mass is 35.5. The predicted molar refractivity (Wildman–Crippen MR) is 130 cm³/mol. The van der Waals surface area contributed by atoms with E-state index in [9.17, 15) is 23.9 Å². The van der Waals surface area contributed by atoms with Gasteiger partial charge in [-0.05, 0) is 37.3 Å². The molecule has 2 fully saturated rings. The molecule has 1 aromatic heterocycles. The minimum atomic E-state index is -1.38. The molecule has 11 heteroatoms. The molecule has 4 rings (SSSR count). The number of Topliss-reactive ketones (excluding diaryl/α,β-unsaturated/α-hetero) is 1. The van der Waals surface area contributed by atoms with Gasteiger partial charge in [0.2, 0.25) is 5.43 Å². The first-order valence-corrected chi connectivity index (χ1v) is 11.3. The zero-order chi connectivity index (χ0) is 24.6. The van der Waals surface area contributed by atoms with Gasteiger partial charge < -0.3 is 25.0 Å². The first-order chi connectivity index (χ1) is 16.3. The molecule has 1 saturated carbocycles. The van der Waals surface area contributed by atoms with Crippen LogP contribution in [0.1, 0.15) is 54.9 Å². The minimum Gasteiger partial charge on any atom is -0.492 e. The molecule has 8 nitrogen and oxygen atoms in total. The van der Waals surface area contributed by atoms with Crippen LogP contribution in [0.2, 0.25) is 0 Å². The van der Waals surface area contributed by atoms with Crippen molar-refractivity contribution in [3.05, 3.63) is 45.3 Å². The second-order valence-corrected chi connectivity index (χ2v) is 8.73. The molecular formula is C24H28ClF2N3O5. The van der Waals surface area contributed by atoms with Crippen molar-refractivity contribution < 1.29 is 28.2 Å². The summed E-state index contributed by atoms with van der Waals surface area (Å²) in [5, 5.41) is 9.40. The molecule has 0 amide bonds. The van der Waals surface area contributed by atoms with Crippen LogP contribution in [0.25, 0.3) is 10.9 Å². The van der Waals surface area contributed by atoms with Crippen LogP contribution in [0, 0.1) is 5.82 Å². The summed E-state index contributed by atoms with van der Waals surface area (Å²) < 4.78 is 37.5. The van der Waals surface area contributed by atoms with E-state index >= 15 is 4.39 Å². The van der Waals surface area contributed by atoms with E-state index in [4.69, 9.17) is 10.5 Å². The predicted octanol–water partition coefficient (Wildman–Crippen LogP) is 3.74. The number of nitrogens with zero attached hydrogens (tertiary/aromatic N) is 2. The quantitative estimate of drug-likeness (QED) is 0.554. The monoisotopic (exact) mass is 511 g/mol. The normalized spacial score (nSPS) is 17.2. The molecule has 35 heavy (non-hydrogen) atoms. The highest BCUT2D eigenvalue weighted by Gasteiger charge is 2.32. The topological polar surface area (TPSA) is 115 Å². The molecule has 1 aliphatic carbocycles. The van der Waals surface area contributed by atoms with Crippen LogP contribution in [-0.2, 0) is 4.79 Å². The summed E-state index contributed by atoms with van der Waals surface area (Å²) in [5.74, 6) is -2.63. The fourth-order valence-corrected chi connectivity index (χ4v) is 4.54. The van der Waals surface area contributed by atoms with Gasteiger partial charge in [0.25, 0.3) is 0 Å². The number of pyridine rings is 1. The van der Waals surface area contributed by atoms with Gasteiger partial charge in [0.15, 0.2) is 11.6 Å². The number of nitrogens with two attached hydrogens (primary N) is 1. The molecule has 2 heterocycles. The number of hydrogen-bond acceptors (Lipinski definition) is 6. The maximum atomic E-state index is 15.5. The lowest BCUT2D eigenvalue weighted by Crippen LogP contribution is -2.33. The summed E-state index contributed by atoms with van der Waals surface area (Å²) in [7, 11) is 1.37. The summed E-state index contributed by atoms with van der Waals surface area (Å²) in [4.78, 5) is 37.6. The van der Waals surface area contributed by atoms with Gasteiger partial charge in [0.1, 0.15) is 22.9 Å². The minimum absolute atomic E-state index is 0. The molecule has 2 aromatic rings. The third kappa shape index (κ3) is 5.18. The summed E-state index contributed by atoms with van der Waals surface area (Å²) in [6.07, 6.45) is 3.93. The number of anilines is 1. The molecule has 0 unspecified atom stereocenters. The van der Waals surface area contributed by atoms with Crippen LogP contribution < -0.4 is 20.8 Å². The van der Waals surface area contributed by atoms with Gasteiger partial charge in [-0.25, -0.2) is 13.6 Å². The maximum absolute atomic E-state index is 15.5. The smallest absolute Gasteiger partial charge is 0.341 e. The molecule has 1 saturated heterocycles. The second kappa shape index (κ2) is 10.7. The fourth-order valence-electron chi connectivity index (χ4n) is 4.54. The summed E-state index contributed by atoms with van der Waals surface area (Å²) in [6, 6.07) is 1.04. The Balaban J connectivity index is 0.00000342. The van der Waals surface area contributed by atoms with Gasteiger partial charge in [-0.15, -0.1) is 12.4 Å². The Kier molecular flexibility index (Phi) is 8.17. The lowest BCUT2D eigenvalue weighted by atomic mass is 10.00. The van der Waals surface area contributed by atoms with Crippen molar-refractivity contribution in [1.29, 1.82) is 0 Å². The zero-order valence-corrected chi connectivity index (χ0v) is 20.1. The van der Waals surface area contributed by atoms with Gasteiger partial charge >= 0.3 is 5.97 Å². The largest absolute Gasteiger partial charge is 0.492 e. The number of fused-ring (bicyclic) bond motifs is 1. The van der Waals surface area contributed by atoms with Crippen LogP contribution in [-0.4, -0.2) is 48.2 Å². The molecule has 3 N–H and O–H groups in total. The van der Waals surface area contributed by atoms with Crippen molar-refractivity contribution >= 4 is 40.7 Å².